The molecule has 2 aliphatic heterocycles. The standard InChI is InChI=1S/C14H19N3O2/c1-2-12-10-7-15-6-9(10)8-17(12)14(19)11-4-3-5-13(18)16-11/h3-5,9-10,12,15H,2,6-8H2,1H3,(H,16,18). The van der Waals surface area contributed by atoms with Gasteiger partial charge in [-0.3, -0.25) is 9.59 Å². The predicted molar refractivity (Wildman–Crippen MR) is 72.0 cm³/mol. The van der Waals surface area contributed by atoms with Gasteiger partial charge in [0.25, 0.3) is 5.91 Å². The van der Waals surface area contributed by atoms with Crippen molar-refractivity contribution in [2.45, 2.75) is 19.4 Å². The number of H-pyrrole nitrogens is 1. The van der Waals surface area contributed by atoms with Gasteiger partial charge in [-0.2, -0.15) is 0 Å². The number of aromatic nitrogens is 1. The average molecular weight is 261 g/mol. The van der Waals surface area contributed by atoms with Gasteiger partial charge in [0.15, 0.2) is 0 Å². The van der Waals surface area contributed by atoms with Gasteiger partial charge in [-0.15, -0.1) is 0 Å². The molecule has 2 aliphatic rings. The zero-order valence-electron chi connectivity index (χ0n) is 11.1. The number of rotatable bonds is 2. The van der Waals surface area contributed by atoms with Crippen molar-refractivity contribution in [3.05, 3.63) is 34.2 Å². The molecular formula is C14H19N3O2. The summed E-state index contributed by atoms with van der Waals surface area (Å²) in [6.45, 7) is 4.92. The first-order chi connectivity index (χ1) is 9.20. The molecule has 2 fully saturated rings. The molecule has 0 bridgehead atoms. The van der Waals surface area contributed by atoms with Gasteiger partial charge in [0.05, 0.1) is 0 Å². The summed E-state index contributed by atoms with van der Waals surface area (Å²) in [6.07, 6.45) is 0.964. The Labute approximate surface area is 112 Å². The van der Waals surface area contributed by atoms with Crippen LogP contribution in [0.1, 0.15) is 23.8 Å². The maximum absolute atomic E-state index is 12.5. The minimum absolute atomic E-state index is 0.0426. The van der Waals surface area contributed by atoms with E-state index in [0.717, 1.165) is 26.1 Å². The van der Waals surface area contributed by atoms with Crippen LogP contribution in [0.15, 0.2) is 23.0 Å². The van der Waals surface area contributed by atoms with Gasteiger partial charge in [-0.05, 0) is 24.3 Å². The van der Waals surface area contributed by atoms with E-state index in [1.807, 2.05) is 4.90 Å². The number of hydrogen-bond acceptors (Lipinski definition) is 3. The maximum atomic E-state index is 12.5. The van der Waals surface area contributed by atoms with Gasteiger partial charge >= 0.3 is 0 Å². The minimum Gasteiger partial charge on any atom is -0.334 e. The molecule has 3 rings (SSSR count). The van der Waals surface area contributed by atoms with Crippen molar-refractivity contribution in [1.82, 2.24) is 15.2 Å². The summed E-state index contributed by atoms with van der Waals surface area (Å²) in [4.78, 5) is 28.4. The fourth-order valence-electron chi connectivity index (χ4n) is 3.51. The Balaban J connectivity index is 1.86. The molecule has 0 radical (unpaired) electrons. The lowest BCUT2D eigenvalue weighted by molar-refractivity contribution is 0.0705. The lowest BCUT2D eigenvalue weighted by Crippen LogP contribution is -2.40. The maximum Gasteiger partial charge on any atom is 0.270 e. The smallest absolute Gasteiger partial charge is 0.270 e. The summed E-state index contributed by atoms with van der Waals surface area (Å²) in [7, 11) is 0. The number of amides is 1. The topological polar surface area (TPSA) is 65.2 Å². The molecule has 0 aliphatic carbocycles. The highest BCUT2D eigenvalue weighted by Gasteiger charge is 2.45. The fourth-order valence-corrected chi connectivity index (χ4v) is 3.51. The van der Waals surface area contributed by atoms with Crippen molar-refractivity contribution < 1.29 is 4.79 Å². The van der Waals surface area contributed by atoms with Crippen LogP contribution in [0.5, 0.6) is 0 Å². The zero-order valence-corrected chi connectivity index (χ0v) is 11.1. The zero-order chi connectivity index (χ0) is 13.4. The first-order valence-corrected chi connectivity index (χ1v) is 6.91. The van der Waals surface area contributed by atoms with Crippen LogP contribution in [0, 0.1) is 11.8 Å². The molecule has 0 saturated carbocycles. The Hall–Kier alpha value is -1.62. The first kappa shape index (κ1) is 12.4. The minimum atomic E-state index is -0.222. The quantitative estimate of drug-likeness (QED) is 0.812. The summed E-state index contributed by atoms with van der Waals surface area (Å²) in [5.74, 6) is 1.08. The van der Waals surface area contributed by atoms with Crippen molar-refractivity contribution in [3.8, 4) is 0 Å². The van der Waals surface area contributed by atoms with Gasteiger partial charge in [0, 0.05) is 31.7 Å². The van der Waals surface area contributed by atoms with Gasteiger partial charge in [0.2, 0.25) is 5.56 Å². The van der Waals surface area contributed by atoms with E-state index in [2.05, 4.69) is 17.2 Å². The monoisotopic (exact) mass is 261 g/mol. The fraction of sp³-hybridized carbons (Fsp3) is 0.571. The number of aromatic amines is 1. The van der Waals surface area contributed by atoms with Crippen molar-refractivity contribution >= 4 is 5.91 Å². The van der Waals surface area contributed by atoms with Crippen LogP contribution in [0.25, 0.3) is 0 Å². The number of nitrogens with zero attached hydrogens (tertiary/aromatic N) is 1. The van der Waals surface area contributed by atoms with E-state index >= 15 is 0 Å². The number of carbonyl (C=O) groups excluding carboxylic acids is 1. The van der Waals surface area contributed by atoms with Crippen LogP contribution in [0.3, 0.4) is 0 Å². The van der Waals surface area contributed by atoms with E-state index in [1.54, 1.807) is 12.1 Å². The highest BCUT2D eigenvalue weighted by molar-refractivity contribution is 5.92. The third-order valence-corrected chi connectivity index (χ3v) is 4.40. The largest absolute Gasteiger partial charge is 0.334 e. The van der Waals surface area contributed by atoms with Crippen molar-refractivity contribution in [2.24, 2.45) is 11.8 Å². The third-order valence-electron chi connectivity index (χ3n) is 4.40. The van der Waals surface area contributed by atoms with E-state index in [-0.39, 0.29) is 17.5 Å². The van der Waals surface area contributed by atoms with Crippen LogP contribution in [-0.4, -0.2) is 41.5 Å². The second-order valence-electron chi connectivity index (χ2n) is 5.44. The summed E-state index contributed by atoms with van der Waals surface area (Å²) in [6, 6.07) is 5.03. The summed E-state index contributed by atoms with van der Waals surface area (Å²) in [5.41, 5.74) is 0.179. The number of nitrogens with one attached hydrogen (secondary N) is 2. The van der Waals surface area contributed by atoms with Crippen LogP contribution in [0.2, 0.25) is 0 Å². The van der Waals surface area contributed by atoms with Gasteiger partial charge in [0.1, 0.15) is 5.69 Å². The molecule has 0 aromatic carbocycles. The van der Waals surface area contributed by atoms with Crippen LogP contribution in [0.4, 0.5) is 0 Å². The Morgan fingerprint density at radius 2 is 2.26 bits per heavy atom. The molecule has 3 atom stereocenters. The van der Waals surface area contributed by atoms with Gasteiger partial charge < -0.3 is 15.2 Å². The molecule has 1 amide bonds. The predicted octanol–water partition coefficient (Wildman–Crippen LogP) is 0.445. The average Bonchev–Trinajstić information content (AvgIpc) is 2.97. The SMILES string of the molecule is CCC1C2CNCC2CN1C(=O)c1cccc(=O)[nH]1. The molecule has 19 heavy (non-hydrogen) atoms. The number of likely N-dealkylation sites (tertiary alicyclic amines) is 1. The third kappa shape index (κ3) is 2.08. The highest BCUT2D eigenvalue weighted by atomic mass is 16.2. The molecule has 2 saturated heterocycles. The molecule has 3 heterocycles. The van der Waals surface area contributed by atoms with E-state index < -0.39 is 0 Å². The summed E-state index contributed by atoms with van der Waals surface area (Å²) >= 11 is 0. The molecule has 3 unspecified atom stereocenters. The Morgan fingerprint density at radius 1 is 1.42 bits per heavy atom. The van der Waals surface area contributed by atoms with Gasteiger partial charge in [-0.1, -0.05) is 13.0 Å². The van der Waals surface area contributed by atoms with Crippen LogP contribution in [-0.2, 0) is 0 Å². The molecular weight excluding hydrogens is 242 g/mol. The molecule has 0 spiro atoms. The van der Waals surface area contributed by atoms with Crippen molar-refractivity contribution in [3.63, 3.8) is 0 Å². The van der Waals surface area contributed by atoms with Crippen LogP contribution < -0.4 is 10.9 Å². The number of hydrogen-bond donors (Lipinski definition) is 2. The molecule has 102 valence electrons. The number of carbonyl (C=O) groups is 1. The van der Waals surface area contributed by atoms with Gasteiger partial charge in [-0.25, -0.2) is 0 Å². The first-order valence-electron chi connectivity index (χ1n) is 6.91. The molecule has 5 heteroatoms. The second kappa shape index (κ2) is 4.81. The summed E-state index contributed by atoms with van der Waals surface area (Å²) in [5, 5.41) is 3.40. The highest BCUT2D eigenvalue weighted by Crippen LogP contribution is 2.34. The lowest BCUT2D eigenvalue weighted by atomic mass is 9.93. The van der Waals surface area contributed by atoms with Crippen LogP contribution >= 0.6 is 0 Å². The van der Waals surface area contributed by atoms with Crippen molar-refractivity contribution in [1.29, 1.82) is 0 Å². The van der Waals surface area contributed by atoms with E-state index in [9.17, 15) is 9.59 Å². The Kier molecular flexibility index (Phi) is 3.14. The number of pyridine rings is 1. The molecule has 1 aromatic heterocycles. The molecule has 1 aromatic rings. The van der Waals surface area contributed by atoms with E-state index in [4.69, 9.17) is 0 Å². The lowest BCUT2D eigenvalue weighted by Gasteiger charge is -2.26. The second-order valence-corrected chi connectivity index (χ2v) is 5.44. The van der Waals surface area contributed by atoms with E-state index in [0.29, 0.717) is 17.5 Å². The van der Waals surface area contributed by atoms with Crippen molar-refractivity contribution in [2.75, 3.05) is 19.6 Å². The van der Waals surface area contributed by atoms with E-state index in [1.165, 1.54) is 6.07 Å². The summed E-state index contributed by atoms with van der Waals surface area (Å²) < 4.78 is 0. The Bertz CT molecular complexity index is 539. The normalized spacial score (nSPS) is 29.5. The Morgan fingerprint density at radius 3 is 3.00 bits per heavy atom. The molecule has 5 nitrogen and oxygen atoms in total. The molecule has 2 N–H and O–H groups in total. The number of fused-ring (bicyclic) bond motifs is 1.